The first-order valence-corrected chi connectivity index (χ1v) is 6.48. The van der Waals surface area contributed by atoms with Crippen LogP contribution in [0, 0.1) is 6.92 Å². The number of rotatable bonds is 4. The van der Waals surface area contributed by atoms with Gasteiger partial charge in [-0.05, 0) is 26.8 Å². The molecule has 19 heavy (non-hydrogen) atoms. The summed E-state index contributed by atoms with van der Waals surface area (Å²) in [5, 5.41) is 3.90. The van der Waals surface area contributed by atoms with E-state index in [-0.39, 0.29) is 5.97 Å². The first kappa shape index (κ1) is 13.3. The Morgan fingerprint density at radius 1 is 1.32 bits per heavy atom. The summed E-state index contributed by atoms with van der Waals surface area (Å²) < 4.78 is 0. The molecule has 0 aliphatic carbocycles. The zero-order valence-corrected chi connectivity index (χ0v) is 11.5. The van der Waals surface area contributed by atoms with Crippen LogP contribution >= 0.6 is 0 Å². The van der Waals surface area contributed by atoms with Gasteiger partial charge in [-0.15, -0.1) is 0 Å². The maximum atomic E-state index is 11.8. The van der Waals surface area contributed by atoms with Crippen molar-refractivity contribution >= 4 is 11.7 Å². The van der Waals surface area contributed by atoms with E-state index in [1.165, 1.54) is 0 Å². The SMILES string of the molecule is CCN(/C=C1\C(=O)ON=C1c1cccc(C)c1)CC. The molecule has 0 spiro atoms. The predicted molar refractivity (Wildman–Crippen MR) is 74.8 cm³/mol. The normalized spacial score (nSPS) is 16.5. The minimum Gasteiger partial charge on any atom is -0.377 e. The Morgan fingerprint density at radius 2 is 2.05 bits per heavy atom. The van der Waals surface area contributed by atoms with Gasteiger partial charge in [-0.25, -0.2) is 4.79 Å². The van der Waals surface area contributed by atoms with E-state index < -0.39 is 0 Å². The molecule has 4 heteroatoms. The van der Waals surface area contributed by atoms with Crippen LogP contribution < -0.4 is 0 Å². The van der Waals surface area contributed by atoms with E-state index in [1.807, 2.05) is 56.1 Å². The fourth-order valence-electron chi connectivity index (χ4n) is 1.99. The lowest BCUT2D eigenvalue weighted by molar-refractivity contribution is -0.136. The molecule has 1 aliphatic heterocycles. The Hall–Kier alpha value is -2.10. The standard InChI is InChI=1S/C15H18N2O2/c1-4-17(5-2)10-13-14(16-19-15(13)18)12-8-6-7-11(3)9-12/h6-10H,4-5H2,1-3H3/b13-10-. The maximum absolute atomic E-state index is 11.8. The first-order chi connectivity index (χ1) is 9.15. The third-order valence-corrected chi connectivity index (χ3v) is 3.11. The molecule has 0 N–H and O–H groups in total. The van der Waals surface area contributed by atoms with Crippen molar-refractivity contribution in [2.24, 2.45) is 5.16 Å². The second-order valence-electron chi connectivity index (χ2n) is 4.45. The summed E-state index contributed by atoms with van der Waals surface area (Å²) >= 11 is 0. The molecule has 2 rings (SSSR count). The summed E-state index contributed by atoms with van der Waals surface area (Å²) in [4.78, 5) is 18.6. The quantitative estimate of drug-likeness (QED) is 0.615. The fourth-order valence-corrected chi connectivity index (χ4v) is 1.99. The van der Waals surface area contributed by atoms with Crippen molar-refractivity contribution in [3.8, 4) is 0 Å². The second kappa shape index (κ2) is 5.69. The molecule has 0 atom stereocenters. The summed E-state index contributed by atoms with van der Waals surface area (Å²) in [6.07, 6.45) is 1.83. The highest BCUT2D eigenvalue weighted by atomic mass is 16.7. The lowest BCUT2D eigenvalue weighted by atomic mass is 10.0. The highest BCUT2D eigenvalue weighted by molar-refractivity contribution is 6.28. The molecule has 4 nitrogen and oxygen atoms in total. The van der Waals surface area contributed by atoms with Gasteiger partial charge >= 0.3 is 5.97 Å². The largest absolute Gasteiger partial charge is 0.377 e. The van der Waals surface area contributed by atoms with E-state index in [4.69, 9.17) is 4.84 Å². The molecule has 0 amide bonds. The molecule has 0 fully saturated rings. The van der Waals surface area contributed by atoms with Gasteiger partial charge in [0, 0.05) is 24.9 Å². The Labute approximate surface area is 113 Å². The van der Waals surface area contributed by atoms with Crippen LogP contribution in [-0.2, 0) is 9.63 Å². The van der Waals surface area contributed by atoms with Crippen molar-refractivity contribution in [2.75, 3.05) is 13.1 Å². The number of carbonyl (C=O) groups excluding carboxylic acids is 1. The van der Waals surface area contributed by atoms with Crippen LogP contribution in [0.25, 0.3) is 0 Å². The zero-order chi connectivity index (χ0) is 13.8. The Morgan fingerprint density at radius 3 is 2.68 bits per heavy atom. The maximum Gasteiger partial charge on any atom is 0.369 e. The molecule has 0 aromatic heterocycles. The summed E-state index contributed by atoms with van der Waals surface area (Å²) in [6.45, 7) is 7.78. The Bertz CT molecular complexity index is 543. The van der Waals surface area contributed by atoms with E-state index >= 15 is 0 Å². The second-order valence-corrected chi connectivity index (χ2v) is 4.45. The average Bonchev–Trinajstić information content (AvgIpc) is 2.77. The Kier molecular flexibility index (Phi) is 4.00. The molecule has 1 aromatic rings. The molecule has 0 unspecified atom stereocenters. The van der Waals surface area contributed by atoms with E-state index in [0.717, 1.165) is 24.2 Å². The highest BCUT2D eigenvalue weighted by Gasteiger charge is 2.27. The number of hydrogen-bond acceptors (Lipinski definition) is 4. The van der Waals surface area contributed by atoms with E-state index in [0.29, 0.717) is 11.3 Å². The van der Waals surface area contributed by atoms with Crippen molar-refractivity contribution in [1.29, 1.82) is 0 Å². The van der Waals surface area contributed by atoms with Gasteiger partial charge < -0.3 is 9.74 Å². The van der Waals surface area contributed by atoms with Crippen LogP contribution in [0.2, 0.25) is 0 Å². The monoisotopic (exact) mass is 258 g/mol. The third kappa shape index (κ3) is 2.84. The molecular weight excluding hydrogens is 240 g/mol. The van der Waals surface area contributed by atoms with Gasteiger partial charge in [0.05, 0.1) is 0 Å². The molecule has 0 bridgehead atoms. The molecule has 0 radical (unpaired) electrons. The Balaban J connectivity index is 2.37. The number of hydrogen-bond donors (Lipinski definition) is 0. The fraction of sp³-hybridized carbons (Fsp3) is 0.333. The number of aryl methyl sites for hydroxylation is 1. The van der Waals surface area contributed by atoms with Crippen LogP contribution in [0.4, 0.5) is 0 Å². The van der Waals surface area contributed by atoms with Crippen molar-refractivity contribution in [2.45, 2.75) is 20.8 Å². The van der Waals surface area contributed by atoms with Gasteiger partial charge in [-0.2, -0.15) is 0 Å². The molecule has 1 heterocycles. The van der Waals surface area contributed by atoms with Crippen molar-refractivity contribution in [1.82, 2.24) is 4.90 Å². The lowest BCUT2D eigenvalue weighted by Gasteiger charge is -2.15. The van der Waals surface area contributed by atoms with Crippen molar-refractivity contribution < 1.29 is 9.63 Å². The van der Waals surface area contributed by atoms with Crippen molar-refractivity contribution in [3.63, 3.8) is 0 Å². The zero-order valence-electron chi connectivity index (χ0n) is 11.5. The number of carbonyl (C=O) groups is 1. The van der Waals surface area contributed by atoms with Crippen LogP contribution in [0.5, 0.6) is 0 Å². The van der Waals surface area contributed by atoms with Gasteiger partial charge in [0.2, 0.25) is 0 Å². The average molecular weight is 258 g/mol. The number of nitrogens with zero attached hydrogens (tertiary/aromatic N) is 2. The molecule has 1 aliphatic rings. The van der Waals surface area contributed by atoms with Gasteiger partial charge in [0.25, 0.3) is 0 Å². The van der Waals surface area contributed by atoms with Crippen LogP contribution in [0.1, 0.15) is 25.0 Å². The summed E-state index contributed by atoms with van der Waals surface area (Å²) in [7, 11) is 0. The van der Waals surface area contributed by atoms with Crippen LogP contribution in [0.15, 0.2) is 41.2 Å². The summed E-state index contributed by atoms with van der Waals surface area (Å²) in [5.74, 6) is -0.386. The lowest BCUT2D eigenvalue weighted by Crippen LogP contribution is -2.19. The minimum absolute atomic E-state index is 0.386. The minimum atomic E-state index is -0.386. The highest BCUT2D eigenvalue weighted by Crippen LogP contribution is 2.19. The number of benzene rings is 1. The van der Waals surface area contributed by atoms with E-state index in [9.17, 15) is 4.79 Å². The summed E-state index contributed by atoms with van der Waals surface area (Å²) in [6, 6.07) is 7.89. The molecule has 1 aromatic carbocycles. The first-order valence-electron chi connectivity index (χ1n) is 6.48. The predicted octanol–water partition coefficient (Wildman–Crippen LogP) is 2.48. The van der Waals surface area contributed by atoms with E-state index in [2.05, 4.69) is 5.16 Å². The number of oxime groups is 1. The van der Waals surface area contributed by atoms with Crippen molar-refractivity contribution in [3.05, 3.63) is 47.2 Å². The summed E-state index contributed by atoms with van der Waals surface area (Å²) in [5.41, 5.74) is 3.17. The van der Waals surface area contributed by atoms with Gasteiger partial charge in [0.15, 0.2) is 0 Å². The smallest absolute Gasteiger partial charge is 0.369 e. The van der Waals surface area contributed by atoms with E-state index in [1.54, 1.807) is 0 Å². The van der Waals surface area contributed by atoms with Gasteiger partial charge in [-0.3, -0.25) is 0 Å². The third-order valence-electron chi connectivity index (χ3n) is 3.11. The molecule has 0 saturated heterocycles. The van der Waals surface area contributed by atoms with Crippen LogP contribution in [0.3, 0.4) is 0 Å². The van der Waals surface area contributed by atoms with Gasteiger partial charge in [0.1, 0.15) is 11.3 Å². The van der Waals surface area contributed by atoms with Crippen LogP contribution in [-0.4, -0.2) is 29.7 Å². The molecule has 0 saturated carbocycles. The topological polar surface area (TPSA) is 41.9 Å². The molecule has 100 valence electrons. The molecular formula is C15H18N2O2. The van der Waals surface area contributed by atoms with Gasteiger partial charge in [-0.1, -0.05) is 28.9 Å².